The molecule has 0 bridgehead atoms. The molecule has 0 spiro atoms. The number of hydrogen-bond acceptors (Lipinski definition) is 4. The number of hydrogen-bond donors (Lipinski definition) is 1. The van der Waals surface area contributed by atoms with E-state index in [0.29, 0.717) is 23.5 Å². The van der Waals surface area contributed by atoms with Gasteiger partial charge < -0.3 is 9.88 Å². The number of carbonyl (C=O) groups excluding carboxylic acids is 1. The molecule has 1 aromatic carbocycles. The van der Waals surface area contributed by atoms with E-state index in [0.717, 1.165) is 16.5 Å². The Morgan fingerprint density at radius 3 is 2.33 bits per heavy atom. The molecular formula is C21H30N4OS. The fraction of sp³-hybridized carbons (Fsp3) is 0.571. The first-order chi connectivity index (χ1) is 12.9. The van der Waals surface area contributed by atoms with Crippen molar-refractivity contribution in [1.29, 1.82) is 0 Å². The average molecular weight is 387 g/mol. The normalized spacial score (nSPS) is 15.4. The summed E-state index contributed by atoms with van der Waals surface area (Å²) in [6.45, 7) is 8.65. The van der Waals surface area contributed by atoms with Crippen LogP contribution in [0.5, 0.6) is 0 Å². The molecule has 2 aromatic rings. The molecule has 1 heterocycles. The molecule has 1 aromatic heterocycles. The Bertz CT molecular complexity index is 778. The predicted molar refractivity (Wildman–Crippen MR) is 110 cm³/mol. The standard InChI is InChI=1S/C21H30N4OS/c1-13(2)15-6-8-16(9-7-15)19(14(3)4)22-18(26)12-27-21-24-23-20(25(21)5)17-10-11-17/h6-9,13-14,17,19H,10-12H2,1-5H3,(H,22,26)/t19-/m1/s1. The molecule has 1 fully saturated rings. The van der Waals surface area contributed by atoms with Crippen LogP contribution in [0.2, 0.25) is 0 Å². The fourth-order valence-corrected chi connectivity index (χ4v) is 3.95. The van der Waals surface area contributed by atoms with Crippen LogP contribution in [0.4, 0.5) is 0 Å². The monoisotopic (exact) mass is 386 g/mol. The number of thioether (sulfide) groups is 1. The van der Waals surface area contributed by atoms with Gasteiger partial charge in [-0.05, 0) is 35.8 Å². The summed E-state index contributed by atoms with van der Waals surface area (Å²) < 4.78 is 2.03. The quantitative estimate of drug-likeness (QED) is 0.682. The van der Waals surface area contributed by atoms with Crippen molar-refractivity contribution in [1.82, 2.24) is 20.1 Å². The third-order valence-corrected chi connectivity index (χ3v) is 6.11. The minimum absolute atomic E-state index is 0.0147. The summed E-state index contributed by atoms with van der Waals surface area (Å²) in [5.41, 5.74) is 2.47. The first-order valence-corrected chi connectivity index (χ1v) is 10.8. The van der Waals surface area contributed by atoms with E-state index in [1.165, 1.54) is 30.2 Å². The zero-order valence-corrected chi connectivity index (χ0v) is 17.7. The van der Waals surface area contributed by atoms with Gasteiger partial charge in [0.05, 0.1) is 11.8 Å². The van der Waals surface area contributed by atoms with Crippen LogP contribution in [0.25, 0.3) is 0 Å². The third kappa shape index (κ3) is 4.92. The van der Waals surface area contributed by atoms with Crippen LogP contribution in [0, 0.1) is 5.92 Å². The second-order valence-corrected chi connectivity index (χ2v) is 9.02. The van der Waals surface area contributed by atoms with Gasteiger partial charge in [-0.3, -0.25) is 4.79 Å². The van der Waals surface area contributed by atoms with Gasteiger partial charge in [0, 0.05) is 13.0 Å². The summed E-state index contributed by atoms with van der Waals surface area (Å²) in [5, 5.41) is 12.5. The molecule has 6 heteroatoms. The molecule has 1 N–H and O–H groups in total. The smallest absolute Gasteiger partial charge is 0.230 e. The predicted octanol–water partition coefficient (Wildman–Crippen LogP) is 4.42. The van der Waals surface area contributed by atoms with Crippen molar-refractivity contribution >= 4 is 17.7 Å². The second kappa shape index (κ2) is 8.46. The van der Waals surface area contributed by atoms with Gasteiger partial charge in [0.25, 0.3) is 0 Å². The average Bonchev–Trinajstić information content (AvgIpc) is 3.41. The Morgan fingerprint density at radius 1 is 1.15 bits per heavy atom. The maximum Gasteiger partial charge on any atom is 0.230 e. The SMILES string of the molecule is CC(C)c1ccc([C@H](NC(=O)CSc2nnc(C3CC3)n2C)C(C)C)cc1. The van der Waals surface area contributed by atoms with Crippen molar-refractivity contribution in [2.45, 2.75) is 63.6 Å². The summed E-state index contributed by atoms with van der Waals surface area (Å²) in [5.74, 6) is 2.81. The minimum atomic E-state index is 0.0147. The number of aromatic nitrogens is 3. The highest BCUT2D eigenvalue weighted by molar-refractivity contribution is 7.99. The van der Waals surface area contributed by atoms with Crippen LogP contribution >= 0.6 is 11.8 Å². The molecule has 1 aliphatic rings. The Hall–Kier alpha value is -1.82. The highest BCUT2D eigenvalue weighted by atomic mass is 32.2. The van der Waals surface area contributed by atoms with Gasteiger partial charge in [0.15, 0.2) is 5.16 Å². The Morgan fingerprint density at radius 2 is 1.78 bits per heavy atom. The summed E-state index contributed by atoms with van der Waals surface area (Å²) in [6, 6.07) is 8.61. The second-order valence-electron chi connectivity index (χ2n) is 8.07. The van der Waals surface area contributed by atoms with Crippen molar-refractivity contribution < 1.29 is 4.79 Å². The Kier molecular flexibility index (Phi) is 6.25. The molecule has 0 radical (unpaired) electrons. The number of nitrogens with zero attached hydrogens (tertiary/aromatic N) is 3. The van der Waals surface area contributed by atoms with Crippen molar-refractivity contribution in [2.75, 3.05) is 5.75 Å². The Balaban J connectivity index is 1.60. The van der Waals surface area contributed by atoms with E-state index in [2.05, 4.69) is 67.5 Å². The van der Waals surface area contributed by atoms with Gasteiger partial charge in [-0.25, -0.2) is 0 Å². The molecular weight excluding hydrogens is 356 g/mol. The molecule has 5 nitrogen and oxygen atoms in total. The van der Waals surface area contributed by atoms with E-state index < -0.39 is 0 Å². The lowest BCUT2D eigenvalue weighted by molar-refractivity contribution is -0.119. The molecule has 0 unspecified atom stereocenters. The maximum atomic E-state index is 12.6. The molecule has 3 rings (SSSR count). The van der Waals surface area contributed by atoms with Crippen LogP contribution in [-0.4, -0.2) is 26.4 Å². The molecule has 1 saturated carbocycles. The number of amides is 1. The first kappa shape index (κ1) is 19.9. The van der Waals surface area contributed by atoms with Gasteiger partial charge >= 0.3 is 0 Å². The van der Waals surface area contributed by atoms with E-state index >= 15 is 0 Å². The highest BCUT2D eigenvalue weighted by Gasteiger charge is 2.29. The highest BCUT2D eigenvalue weighted by Crippen LogP contribution is 2.39. The van der Waals surface area contributed by atoms with E-state index in [9.17, 15) is 4.79 Å². The van der Waals surface area contributed by atoms with E-state index in [-0.39, 0.29) is 11.9 Å². The molecule has 0 saturated heterocycles. The van der Waals surface area contributed by atoms with E-state index in [1.54, 1.807) is 0 Å². The lowest BCUT2D eigenvalue weighted by Crippen LogP contribution is -2.33. The van der Waals surface area contributed by atoms with Crippen molar-refractivity contribution in [3.8, 4) is 0 Å². The van der Waals surface area contributed by atoms with Crippen LogP contribution in [0.3, 0.4) is 0 Å². The summed E-state index contributed by atoms with van der Waals surface area (Å²) in [7, 11) is 1.99. The fourth-order valence-electron chi connectivity index (χ4n) is 3.22. The molecule has 1 atom stereocenters. The van der Waals surface area contributed by atoms with Crippen LogP contribution < -0.4 is 5.32 Å². The lowest BCUT2D eigenvalue weighted by atomic mass is 9.93. The van der Waals surface area contributed by atoms with Crippen molar-refractivity contribution in [2.24, 2.45) is 13.0 Å². The van der Waals surface area contributed by atoms with Crippen LogP contribution in [-0.2, 0) is 11.8 Å². The van der Waals surface area contributed by atoms with Crippen molar-refractivity contribution in [3.05, 3.63) is 41.2 Å². The van der Waals surface area contributed by atoms with Crippen LogP contribution in [0.15, 0.2) is 29.4 Å². The van der Waals surface area contributed by atoms with Crippen LogP contribution in [0.1, 0.15) is 75.4 Å². The van der Waals surface area contributed by atoms with Gasteiger partial charge in [-0.15, -0.1) is 10.2 Å². The number of rotatable bonds is 8. The summed E-state index contributed by atoms with van der Waals surface area (Å²) in [4.78, 5) is 12.6. The van der Waals surface area contributed by atoms with Crippen molar-refractivity contribution in [3.63, 3.8) is 0 Å². The number of carbonyl (C=O) groups is 1. The molecule has 27 heavy (non-hydrogen) atoms. The van der Waals surface area contributed by atoms with Gasteiger partial charge in [-0.1, -0.05) is 63.7 Å². The van der Waals surface area contributed by atoms with Gasteiger partial charge in [0.2, 0.25) is 5.91 Å². The zero-order chi connectivity index (χ0) is 19.6. The topological polar surface area (TPSA) is 59.8 Å². The zero-order valence-electron chi connectivity index (χ0n) is 16.9. The lowest BCUT2D eigenvalue weighted by Gasteiger charge is -2.23. The molecule has 0 aliphatic heterocycles. The molecule has 146 valence electrons. The first-order valence-electron chi connectivity index (χ1n) is 9.78. The minimum Gasteiger partial charge on any atom is -0.348 e. The molecule has 1 amide bonds. The van der Waals surface area contributed by atoms with Gasteiger partial charge in [0.1, 0.15) is 5.82 Å². The number of nitrogens with one attached hydrogen (secondary N) is 1. The number of benzene rings is 1. The van der Waals surface area contributed by atoms with Gasteiger partial charge in [-0.2, -0.15) is 0 Å². The Labute approximate surface area is 166 Å². The van der Waals surface area contributed by atoms with E-state index in [4.69, 9.17) is 0 Å². The molecule has 1 aliphatic carbocycles. The van der Waals surface area contributed by atoms with E-state index in [1.807, 2.05) is 11.6 Å². The maximum absolute atomic E-state index is 12.6. The summed E-state index contributed by atoms with van der Waals surface area (Å²) in [6.07, 6.45) is 2.39. The third-order valence-electron chi connectivity index (χ3n) is 5.09. The largest absolute Gasteiger partial charge is 0.348 e. The summed E-state index contributed by atoms with van der Waals surface area (Å²) >= 11 is 1.45.